The molecule has 0 spiro atoms. The van der Waals surface area contributed by atoms with Gasteiger partial charge in [0, 0.05) is 5.57 Å². The largest absolute Gasteiger partial charge is 0.481 e. The number of carbonyl (C=O) groups is 6. The number of esters is 5. The Kier molecular flexibility index (Phi) is 30.4. The topological polar surface area (TPSA) is 169 Å². The van der Waals surface area contributed by atoms with Crippen LogP contribution in [0.1, 0.15) is 142 Å². The van der Waals surface area contributed by atoms with Crippen molar-refractivity contribution in [3.05, 3.63) is 48.0 Å². The Bertz CT molecular complexity index is 1330. The quantitative estimate of drug-likeness (QED) is 0.0687. The lowest BCUT2D eigenvalue weighted by Crippen LogP contribution is -2.34. The van der Waals surface area contributed by atoms with Gasteiger partial charge in [-0.25, -0.2) is 4.79 Å². The summed E-state index contributed by atoms with van der Waals surface area (Å²) < 4.78 is 25.2. The van der Waals surface area contributed by atoms with Gasteiger partial charge in [0.05, 0.1) is 28.1 Å². The Morgan fingerprint density at radius 3 is 1.39 bits per heavy atom. The molecule has 1 N–H and O–H groups in total. The lowest BCUT2D eigenvalue weighted by atomic mass is 9.79. The average Bonchev–Trinajstić information content (AvgIpc) is 3.14. The van der Waals surface area contributed by atoms with Crippen LogP contribution in [0.4, 0.5) is 0 Å². The standard InChI is InChI=1S/C16H26O6.C13H18O2.C12H20O4.3CH4/c1-4-16(2,3)15(20)22-10-9-21-14(19)12-8-6-5-7-11(12)13(17)18;1-4-13(2,3)12(14)15-10-11-8-6-5-7-9-11;1-6-12(4,5)11(14)16-8-7-15-10(13)9(2)3;;;/h11-12H,4-10H2,1-3H3,(H,17,18);5-9H,4,10H2,1-3H3;2,6-8H2,1,3-5H3;3*1H4. The van der Waals surface area contributed by atoms with Gasteiger partial charge in [0.2, 0.25) is 0 Å². The molecule has 324 valence electrons. The smallest absolute Gasteiger partial charge is 0.333 e. The van der Waals surface area contributed by atoms with Crippen molar-refractivity contribution in [2.24, 2.45) is 28.1 Å². The van der Waals surface area contributed by atoms with E-state index in [1.54, 1.807) is 20.8 Å². The highest BCUT2D eigenvalue weighted by Gasteiger charge is 2.37. The fourth-order valence-electron chi connectivity index (χ4n) is 4.23. The first-order chi connectivity index (χ1) is 24.7. The highest BCUT2D eigenvalue weighted by Crippen LogP contribution is 2.31. The summed E-state index contributed by atoms with van der Waals surface area (Å²) in [5, 5.41) is 9.14. The molecule has 0 aromatic heterocycles. The van der Waals surface area contributed by atoms with Gasteiger partial charge in [-0.1, -0.05) is 92.8 Å². The van der Waals surface area contributed by atoms with Gasteiger partial charge < -0.3 is 28.8 Å². The fraction of sp³-hybridized carbons (Fsp3) is 0.682. The molecule has 1 aliphatic carbocycles. The number of carbonyl (C=O) groups excluding carboxylic acids is 5. The summed E-state index contributed by atoms with van der Waals surface area (Å²) in [5.74, 6) is -3.90. The molecule has 0 heterocycles. The Morgan fingerprint density at radius 1 is 0.625 bits per heavy atom. The van der Waals surface area contributed by atoms with Crippen LogP contribution in [0.25, 0.3) is 0 Å². The Balaban J connectivity index is -0.000000361. The lowest BCUT2D eigenvalue weighted by Gasteiger charge is -2.26. The average molecular weight is 797 g/mol. The molecule has 0 saturated heterocycles. The van der Waals surface area contributed by atoms with Gasteiger partial charge in [-0.2, -0.15) is 0 Å². The molecular weight excluding hydrogens is 720 g/mol. The number of rotatable bonds is 17. The van der Waals surface area contributed by atoms with Gasteiger partial charge in [0.15, 0.2) is 0 Å². The third-order valence-electron chi connectivity index (χ3n) is 9.37. The van der Waals surface area contributed by atoms with E-state index in [1.807, 2.05) is 78.8 Å². The summed E-state index contributed by atoms with van der Waals surface area (Å²) in [7, 11) is 0. The maximum Gasteiger partial charge on any atom is 0.333 e. The summed E-state index contributed by atoms with van der Waals surface area (Å²) in [5.41, 5.74) is -0.0625. The number of hydrogen-bond donors (Lipinski definition) is 1. The zero-order valence-electron chi connectivity index (χ0n) is 33.7. The molecule has 2 unspecified atom stereocenters. The van der Waals surface area contributed by atoms with Crippen molar-refractivity contribution in [3.63, 3.8) is 0 Å². The van der Waals surface area contributed by atoms with Crippen LogP contribution in [-0.2, 0) is 59.1 Å². The first-order valence-electron chi connectivity index (χ1n) is 18.4. The minimum atomic E-state index is -0.947. The van der Waals surface area contributed by atoms with E-state index in [9.17, 15) is 28.8 Å². The Hall–Kier alpha value is -4.22. The van der Waals surface area contributed by atoms with Crippen molar-refractivity contribution in [3.8, 4) is 0 Å². The minimum absolute atomic E-state index is 0. The van der Waals surface area contributed by atoms with E-state index in [4.69, 9.17) is 28.8 Å². The summed E-state index contributed by atoms with van der Waals surface area (Å²) in [6.07, 6.45) is 4.87. The lowest BCUT2D eigenvalue weighted by molar-refractivity contribution is -0.164. The van der Waals surface area contributed by atoms with Crippen molar-refractivity contribution in [1.29, 1.82) is 0 Å². The maximum absolute atomic E-state index is 12.0. The van der Waals surface area contributed by atoms with Crippen molar-refractivity contribution < 1.29 is 57.6 Å². The highest BCUT2D eigenvalue weighted by atomic mass is 16.6. The van der Waals surface area contributed by atoms with E-state index in [0.29, 0.717) is 37.9 Å². The molecule has 0 aliphatic heterocycles. The molecule has 0 amide bonds. The molecule has 2 atom stereocenters. The number of aliphatic carboxylic acids is 1. The fourth-order valence-corrected chi connectivity index (χ4v) is 4.23. The number of ether oxygens (including phenoxy) is 5. The highest BCUT2D eigenvalue weighted by molar-refractivity contribution is 5.87. The normalized spacial score (nSPS) is 14.7. The zero-order valence-corrected chi connectivity index (χ0v) is 33.7. The van der Waals surface area contributed by atoms with Gasteiger partial charge in [-0.3, -0.25) is 24.0 Å². The SMILES string of the molecule is C.C.C.C=C(C)C(=O)OCCOC(=O)C(C)(C)CC.CCC(C)(C)C(=O)OCCOC(=O)C1CCCCC1C(=O)O.CCC(C)(C)C(=O)OCc1ccccc1. The molecule has 0 bridgehead atoms. The Morgan fingerprint density at radius 2 is 1.00 bits per heavy atom. The number of carboxylic acid groups (broad SMARTS) is 1. The van der Waals surface area contributed by atoms with Crippen LogP contribution in [0.5, 0.6) is 0 Å². The van der Waals surface area contributed by atoms with Gasteiger partial charge in [-0.15, -0.1) is 0 Å². The molecule has 1 saturated carbocycles. The molecule has 2 rings (SSSR count). The van der Waals surface area contributed by atoms with Crippen LogP contribution < -0.4 is 0 Å². The van der Waals surface area contributed by atoms with Crippen LogP contribution in [0, 0.1) is 28.1 Å². The molecule has 56 heavy (non-hydrogen) atoms. The second-order valence-corrected chi connectivity index (χ2v) is 15.0. The van der Waals surface area contributed by atoms with Crippen LogP contribution in [-0.4, -0.2) is 67.3 Å². The zero-order chi connectivity index (χ0) is 40.8. The van der Waals surface area contributed by atoms with Gasteiger partial charge >= 0.3 is 35.8 Å². The Labute approximate surface area is 338 Å². The number of carboxylic acids is 1. The summed E-state index contributed by atoms with van der Waals surface area (Å²) in [6, 6.07) is 9.72. The third-order valence-corrected chi connectivity index (χ3v) is 9.37. The predicted octanol–water partition coefficient (Wildman–Crippen LogP) is 9.56. The second-order valence-electron chi connectivity index (χ2n) is 15.0. The van der Waals surface area contributed by atoms with Crippen LogP contribution >= 0.6 is 0 Å². The van der Waals surface area contributed by atoms with E-state index in [-0.39, 0.29) is 72.0 Å². The number of benzene rings is 1. The summed E-state index contributed by atoms with van der Waals surface area (Å²) in [4.78, 5) is 69.0. The van der Waals surface area contributed by atoms with E-state index in [0.717, 1.165) is 24.8 Å². The van der Waals surface area contributed by atoms with Crippen LogP contribution in [0.3, 0.4) is 0 Å². The van der Waals surface area contributed by atoms with Crippen molar-refractivity contribution in [2.45, 2.75) is 143 Å². The van der Waals surface area contributed by atoms with Crippen molar-refractivity contribution in [1.82, 2.24) is 0 Å². The van der Waals surface area contributed by atoms with E-state index in [1.165, 1.54) is 0 Å². The van der Waals surface area contributed by atoms with E-state index < -0.39 is 40.6 Å². The minimum Gasteiger partial charge on any atom is -0.481 e. The summed E-state index contributed by atoms with van der Waals surface area (Å²) in [6.45, 7) is 22.3. The molecule has 1 aromatic carbocycles. The molecule has 12 heteroatoms. The van der Waals surface area contributed by atoms with Gasteiger partial charge in [0.1, 0.15) is 33.0 Å². The first kappa shape index (κ1) is 58.5. The third kappa shape index (κ3) is 22.4. The molecule has 12 nitrogen and oxygen atoms in total. The number of hydrogen-bond acceptors (Lipinski definition) is 11. The second kappa shape index (κ2) is 29.1. The molecule has 1 fully saturated rings. The predicted molar refractivity (Wildman–Crippen MR) is 220 cm³/mol. The van der Waals surface area contributed by atoms with Crippen LogP contribution in [0.15, 0.2) is 42.5 Å². The van der Waals surface area contributed by atoms with E-state index in [2.05, 4.69) is 6.58 Å². The molecule has 1 aromatic rings. The maximum atomic E-state index is 12.0. The van der Waals surface area contributed by atoms with E-state index >= 15 is 0 Å². The van der Waals surface area contributed by atoms with Crippen LogP contribution in [0.2, 0.25) is 0 Å². The van der Waals surface area contributed by atoms with Gasteiger partial charge in [0.25, 0.3) is 0 Å². The summed E-state index contributed by atoms with van der Waals surface area (Å²) >= 11 is 0. The monoisotopic (exact) mass is 797 g/mol. The molecular formula is C44H76O12. The van der Waals surface area contributed by atoms with Gasteiger partial charge in [-0.05, 0) is 86.1 Å². The molecule has 1 aliphatic rings. The van der Waals surface area contributed by atoms with Crippen molar-refractivity contribution >= 4 is 35.8 Å². The van der Waals surface area contributed by atoms with Crippen molar-refractivity contribution in [2.75, 3.05) is 26.4 Å². The molecule has 0 radical (unpaired) electrons. The first-order valence-corrected chi connectivity index (χ1v) is 18.4.